The number of amides is 3. The molecule has 2 unspecified atom stereocenters. The molecule has 3 saturated heterocycles. The minimum Gasteiger partial charge on any atom is -0.456 e. The minimum absolute atomic E-state index is 0.0153. The highest BCUT2D eigenvalue weighted by molar-refractivity contribution is 6.15. The number of unbranched alkanes of at least 4 members (excludes halogenated alkanes) is 4. The van der Waals surface area contributed by atoms with E-state index >= 15 is 9.59 Å². The Bertz CT molecular complexity index is 4880. The van der Waals surface area contributed by atoms with Crippen LogP contribution in [0.15, 0.2) is 160 Å². The lowest BCUT2D eigenvalue weighted by Gasteiger charge is -2.67. The monoisotopic (exact) mass is 1490 g/mol. The number of carbonyl (C=O) groups is 7. The van der Waals surface area contributed by atoms with Gasteiger partial charge < -0.3 is 69.6 Å². The lowest BCUT2D eigenvalue weighted by Crippen LogP contribution is -2.82. The van der Waals surface area contributed by atoms with Gasteiger partial charge in [-0.2, -0.15) is 13.2 Å². The number of alkyl halides is 3. The lowest BCUT2D eigenvalue weighted by molar-refractivity contribution is -0.345. The van der Waals surface area contributed by atoms with Crippen molar-refractivity contribution in [1.82, 2.24) is 10.6 Å². The van der Waals surface area contributed by atoms with Gasteiger partial charge in [0.2, 0.25) is 5.91 Å². The number of ketones is 1. The van der Waals surface area contributed by atoms with Crippen molar-refractivity contribution in [3.8, 4) is 11.5 Å². The maximum absolute atomic E-state index is 15.5. The molecule has 7 N–H and O–H groups in total. The Balaban J connectivity index is 0.629. The van der Waals surface area contributed by atoms with E-state index in [9.17, 15) is 57.3 Å². The Morgan fingerprint density at radius 3 is 1.99 bits per heavy atom. The van der Waals surface area contributed by atoms with E-state index in [0.29, 0.717) is 71.9 Å². The lowest BCUT2D eigenvalue weighted by atomic mass is 9.44. The predicted molar refractivity (Wildman–Crippen MR) is 392 cm³/mol. The van der Waals surface area contributed by atoms with Crippen molar-refractivity contribution in [2.24, 2.45) is 22.5 Å². The van der Waals surface area contributed by atoms with Crippen molar-refractivity contribution in [3.63, 3.8) is 0 Å². The number of nitrogens with one attached hydrogen (secondary N) is 2. The van der Waals surface area contributed by atoms with Crippen molar-refractivity contribution in [3.05, 3.63) is 206 Å². The normalized spacial score (nSPS) is 25.9. The molecule has 8 aliphatic rings. The second kappa shape index (κ2) is 28.0. The molecule has 23 nitrogen and oxygen atoms in total. The van der Waals surface area contributed by atoms with Crippen molar-refractivity contribution in [2.75, 3.05) is 54.0 Å². The van der Waals surface area contributed by atoms with Gasteiger partial charge in [-0.3, -0.25) is 28.9 Å². The summed E-state index contributed by atoms with van der Waals surface area (Å²) in [4.78, 5) is 120. The van der Waals surface area contributed by atoms with E-state index in [2.05, 4.69) is 20.4 Å². The number of fused-ring (bicyclic) bond motifs is 12. The van der Waals surface area contributed by atoms with Crippen LogP contribution >= 0.6 is 0 Å². The number of halogens is 3. The molecule has 6 aromatic carbocycles. The van der Waals surface area contributed by atoms with Gasteiger partial charge in [-0.1, -0.05) is 93.8 Å². The molecule has 11 atom stereocenters. The summed E-state index contributed by atoms with van der Waals surface area (Å²) in [6.07, 6.45) is -8.66. The average Bonchev–Trinajstić information content (AvgIpc) is 1.17. The number of nitrogens with zero attached hydrogens (tertiary/aromatic N) is 3. The third-order valence-corrected chi connectivity index (χ3v) is 24.3. The standard InChI is InChI=1S/C83H85F3N6O17/c1-45-62(43-81(103)73(108-76(101)48-21-13-10-14-22-48)71-79(5,72(98)68(87)67(45)78(81,3)4)63(94)42-64-80(71,44-104-64)109-46(2)93)107-77(102)70(97)69(47-19-11-9-12-20-47)89-65(95)23-15-7-6-8-16-32-88-74(99)49-24-28-54-57(37-49)82(92(75(54)100)52-25-29-53-58(83(84,85)86)41-66(96)106-59(53)40-52)55-30-26-50(90-33-17-34-90)38-60(55)105-61-39-51(27-31-56(61)82)91-35-18-36-91/h9-14,19-22,24-31,37-41,62-64,68-71,73,94,97,103H,6-8,15-18,23,32-36,42-44,87H2,1-5H3,(H,88,99)(H,89,95)/t62-,63-,64+,68+,69-,70+,71?,73-,79+,80-,81?/m0/s1. The number of Topliss-reactive ketones (excluding diaryl/α,β-unsaturated/α-hetero) is 1. The summed E-state index contributed by atoms with van der Waals surface area (Å²) in [6.45, 7) is 10.7. The fraction of sp³-hybridized carbons (Fsp3) is 0.422. The maximum Gasteiger partial charge on any atom is 0.417 e. The SMILES string of the molecule is CC(=O)O[C@@]12CO[C@@H]1C[C@H](O)[C@@]1(C)C(=O)[C@H](N)C3=C(C)[C@@H](OC(=O)[C@H](O)[C@@H](NC(=O)CCCCCCCNC(=O)c4ccc5c(c4)C4(c6ccc(N7CCC7)cc6Oc6cc(N7CCC7)ccc64)N(c4ccc6c(C(F)(F)F)cc(=O)oc6c4)C5=O)c4ccccc4)CC(O)([C@@H](OC(=O)c4ccccc4)C12)C3(C)C. The van der Waals surface area contributed by atoms with Crippen LogP contribution in [0.3, 0.4) is 0 Å². The highest BCUT2D eigenvalue weighted by Crippen LogP contribution is 2.65. The summed E-state index contributed by atoms with van der Waals surface area (Å²) in [5.41, 5.74) is -0.379. The smallest absolute Gasteiger partial charge is 0.417 e. The van der Waals surface area contributed by atoms with E-state index < -0.39 is 141 Å². The van der Waals surface area contributed by atoms with E-state index in [1.165, 1.54) is 49.1 Å². The number of aliphatic hydroxyl groups is 3. The number of nitrogens with two attached hydrogens (primary N) is 1. The Hall–Kier alpha value is -10.3. The highest BCUT2D eigenvalue weighted by atomic mass is 19.4. The van der Waals surface area contributed by atoms with Gasteiger partial charge in [-0.05, 0) is 111 Å². The molecule has 3 amide bonds. The molecule has 15 rings (SSSR count). The van der Waals surface area contributed by atoms with Crippen LogP contribution in [-0.2, 0) is 49.8 Å². The molecule has 5 aliphatic heterocycles. The second-order valence-corrected chi connectivity index (χ2v) is 30.8. The third-order valence-electron chi connectivity index (χ3n) is 24.3. The maximum atomic E-state index is 15.5. The fourth-order valence-corrected chi connectivity index (χ4v) is 18.3. The zero-order valence-corrected chi connectivity index (χ0v) is 60.8. The summed E-state index contributed by atoms with van der Waals surface area (Å²) in [5.74, 6) is -5.76. The number of benzene rings is 6. The van der Waals surface area contributed by atoms with Gasteiger partial charge in [0, 0.05) is 139 Å². The van der Waals surface area contributed by atoms with Crippen molar-refractivity contribution in [1.29, 1.82) is 0 Å². The Morgan fingerprint density at radius 1 is 0.743 bits per heavy atom. The Labute approximate surface area is 625 Å². The molecule has 570 valence electrons. The molecule has 6 heterocycles. The molecular formula is C83H85F3N6O17. The number of rotatable bonds is 20. The Kier molecular flexibility index (Phi) is 19.1. The minimum atomic E-state index is -4.90. The van der Waals surface area contributed by atoms with Gasteiger partial charge in [-0.15, -0.1) is 0 Å². The topological polar surface area (TPSA) is 316 Å². The Morgan fingerprint density at radius 2 is 1.38 bits per heavy atom. The van der Waals surface area contributed by atoms with Crippen LogP contribution in [0.2, 0.25) is 0 Å². The number of hydrogen-bond donors (Lipinski definition) is 6. The van der Waals surface area contributed by atoms with Gasteiger partial charge in [0.15, 0.2) is 17.5 Å². The van der Waals surface area contributed by atoms with Gasteiger partial charge in [0.05, 0.1) is 47.3 Å². The summed E-state index contributed by atoms with van der Waals surface area (Å²) in [6, 6.07) is 33.8. The van der Waals surface area contributed by atoms with Crippen LogP contribution in [-0.4, -0.2) is 144 Å². The second-order valence-electron chi connectivity index (χ2n) is 30.8. The van der Waals surface area contributed by atoms with Crippen LogP contribution in [0.4, 0.5) is 30.2 Å². The molecule has 0 radical (unpaired) electrons. The van der Waals surface area contributed by atoms with Gasteiger partial charge >= 0.3 is 29.7 Å². The number of hydrogen-bond acceptors (Lipinski definition) is 20. The summed E-state index contributed by atoms with van der Waals surface area (Å²) >= 11 is 0. The molecule has 3 aliphatic carbocycles. The largest absolute Gasteiger partial charge is 0.456 e. The molecule has 1 spiro atoms. The fourth-order valence-electron chi connectivity index (χ4n) is 18.3. The molecule has 2 saturated carbocycles. The zero-order valence-electron chi connectivity index (χ0n) is 60.8. The van der Waals surface area contributed by atoms with Crippen LogP contribution in [0.5, 0.6) is 11.5 Å². The average molecular weight is 1500 g/mol. The molecule has 5 fully saturated rings. The van der Waals surface area contributed by atoms with Crippen LogP contribution < -0.4 is 41.4 Å². The van der Waals surface area contributed by atoms with E-state index in [4.69, 9.17) is 33.8 Å². The van der Waals surface area contributed by atoms with Crippen LogP contribution in [0.25, 0.3) is 11.0 Å². The molecule has 109 heavy (non-hydrogen) atoms. The molecule has 7 aromatic rings. The number of ether oxygens (including phenoxy) is 5. The van der Waals surface area contributed by atoms with Gasteiger partial charge in [-0.25, -0.2) is 14.4 Å². The van der Waals surface area contributed by atoms with Crippen LogP contribution in [0.1, 0.15) is 164 Å². The van der Waals surface area contributed by atoms with E-state index in [1.54, 1.807) is 87.5 Å². The first-order chi connectivity index (χ1) is 52.0. The zero-order chi connectivity index (χ0) is 77.0. The number of aliphatic hydroxyl groups excluding tert-OH is 2. The highest BCUT2D eigenvalue weighted by Gasteiger charge is 2.78. The summed E-state index contributed by atoms with van der Waals surface area (Å²) < 4.78 is 80.4. The van der Waals surface area contributed by atoms with Crippen molar-refractivity contribution < 1.29 is 90.2 Å². The summed E-state index contributed by atoms with van der Waals surface area (Å²) in [7, 11) is 0. The number of esters is 3. The van der Waals surface area contributed by atoms with E-state index in [0.717, 1.165) is 50.4 Å². The summed E-state index contributed by atoms with van der Waals surface area (Å²) in [5, 5.41) is 43.5. The van der Waals surface area contributed by atoms with E-state index in [1.807, 2.05) is 36.4 Å². The van der Waals surface area contributed by atoms with Gasteiger partial charge in [0.25, 0.3) is 11.8 Å². The van der Waals surface area contributed by atoms with Crippen molar-refractivity contribution >= 4 is 69.4 Å². The first-order valence-electron chi connectivity index (χ1n) is 37.1. The van der Waals surface area contributed by atoms with Crippen LogP contribution in [0, 0.1) is 16.7 Å². The third kappa shape index (κ3) is 12.3. The first-order valence-corrected chi connectivity index (χ1v) is 37.1. The van der Waals surface area contributed by atoms with E-state index in [-0.39, 0.29) is 70.5 Å². The quantitative estimate of drug-likeness (QED) is 0.0136. The number of carbonyl (C=O) groups excluding carboxylic acids is 7. The van der Waals surface area contributed by atoms with Gasteiger partial charge in [0.1, 0.15) is 46.5 Å². The molecule has 2 bridgehead atoms. The van der Waals surface area contributed by atoms with Crippen molar-refractivity contribution in [2.45, 2.75) is 164 Å². The molecule has 26 heteroatoms. The molecule has 1 aromatic heterocycles. The number of anilines is 3. The first kappa shape index (κ1) is 74.2. The molecular weight excluding hydrogens is 1410 g/mol. The predicted octanol–water partition coefficient (Wildman–Crippen LogP) is 10.2.